The van der Waals surface area contributed by atoms with Crippen LogP contribution in [0.15, 0.2) is 35.7 Å². The van der Waals surface area contributed by atoms with E-state index in [-0.39, 0.29) is 24.4 Å². The fourth-order valence-corrected chi connectivity index (χ4v) is 4.06. The molecule has 2 N–H and O–H groups in total. The van der Waals surface area contributed by atoms with Crippen LogP contribution in [-0.2, 0) is 12.8 Å². The molecule has 0 saturated carbocycles. The molecule has 2 aromatic rings. The number of hydrogen-bond acceptors (Lipinski definition) is 4. The van der Waals surface area contributed by atoms with Gasteiger partial charge in [0.25, 0.3) is 5.91 Å². The van der Waals surface area contributed by atoms with Crippen LogP contribution in [0.5, 0.6) is 0 Å². The molecular weight excluding hydrogens is 342 g/mol. The number of nitrogens with zero attached hydrogens (tertiary/aromatic N) is 2. The van der Waals surface area contributed by atoms with Crippen molar-refractivity contribution >= 4 is 29.7 Å². The Balaban J connectivity index is 0.00000208. The van der Waals surface area contributed by atoms with E-state index in [1.165, 1.54) is 16.9 Å². The van der Waals surface area contributed by atoms with Gasteiger partial charge in [-0.3, -0.25) is 4.79 Å². The zero-order valence-electron chi connectivity index (χ0n) is 13.9. The van der Waals surface area contributed by atoms with Gasteiger partial charge in [-0.2, -0.15) is 0 Å². The maximum atomic E-state index is 12.7. The molecule has 0 radical (unpaired) electrons. The summed E-state index contributed by atoms with van der Waals surface area (Å²) >= 11 is 1.53. The minimum Gasteiger partial charge on any atom is -0.334 e. The van der Waals surface area contributed by atoms with Gasteiger partial charge in [-0.05, 0) is 37.8 Å². The Bertz CT molecular complexity index is 661. The van der Waals surface area contributed by atoms with Crippen molar-refractivity contribution in [3.63, 3.8) is 0 Å². The number of carbonyl (C=O) groups is 1. The summed E-state index contributed by atoms with van der Waals surface area (Å²) in [5.74, 6) is 0.580. The van der Waals surface area contributed by atoms with E-state index >= 15 is 0 Å². The van der Waals surface area contributed by atoms with Gasteiger partial charge in [0, 0.05) is 24.4 Å². The first-order chi connectivity index (χ1) is 11.2. The normalized spacial score (nSPS) is 20.0. The third kappa shape index (κ3) is 4.15. The number of likely N-dealkylation sites (tertiary alicyclic amines) is 1. The fourth-order valence-electron chi connectivity index (χ4n) is 3.27. The highest BCUT2D eigenvalue weighted by atomic mass is 35.5. The predicted molar refractivity (Wildman–Crippen MR) is 101 cm³/mol. The lowest BCUT2D eigenvalue weighted by atomic mass is 9.93. The van der Waals surface area contributed by atoms with Crippen molar-refractivity contribution in [2.24, 2.45) is 11.7 Å². The van der Waals surface area contributed by atoms with Crippen LogP contribution in [-0.4, -0.2) is 34.9 Å². The number of amides is 1. The average Bonchev–Trinajstić information content (AvgIpc) is 3.16. The predicted octanol–water partition coefficient (Wildman–Crippen LogP) is 3.16. The summed E-state index contributed by atoms with van der Waals surface area (Å²) in [6.45, 7) is 3.55. The number of thiazole rings is 1. The summed E-state index contributed by atoms with van der Waals surface area (Å²) < 4.78 is 0. The lowest BCUT2D eigenvalue weighted by Crippen LogP contribution is -2.36. The summed E-state index contributed by atoms with van der Waals surface area (Å²) in [6.07, 6.45) is 2.83. The molecule has 3 rings (SSSR count). The molecular formula is C18H24ClN3OS. The molecule has 1 aromatic carbocycles. The van der Waals surface area contributed by atoms with Crippen LogP contribution in [0.1, 0.15) is 34.4 Å². The van der Waals surface area contributed by atoms with Crippen molar-refractivity contribution < 1.29 is 4.79 Å². The summed E-state index contributed by atoms with van der Waals surface area (Å²) in [5, 5.41) is 2.81. The van der Waals surface area contributed by atoms with Gasteiger partial charge in [-0.1, -0.05) is 30.3 Å². The number of halogens is 1. The van der Waals surface area contributed by atoms with Crippen molar-refractivity contribution in [1.29, 1.82) is 0 Å². The largest absolute Gasteiger partial charge is 0.334 e. The molecule has 1 amide bonds. The third-order valence-electron chi connectivity index (χ3n) is 4.65. The molecule has 24 heavy (non-hydrogen) atoms. The second-order valence-corrected chi connectivity index (χ2v) is 7.09. The summed E-state index contributed by atoms with van der Waals surface area (Å²) in [7, 11) is 0. The molecule has 0 aliphatic carbocycles. The van der Waals surface area contributed by atoms with Crippen molar-refractivity contribution in [3.8, 4) is 0 Å². The van der Waals surface area contributed by atoms with Crippen LogP contribution in [0.4, 0.5) is 0 Å². The molecule has 130 valence electrons. The molecule has 0 bridgehead atoms. The zero-order valence-corrected chi connectivity index (χ0v) is 15.5. The molecule has 1 aromatic heterocycles. The molecule has 4 nitrogen and oxygen atoms in total. The molecule has 0 spiro atoms. The molecule has 1 saturated heterocycles. The Hall–Kier alpha value is -1.43. The second-order valence-electron chi connectivity index (χ2n) is 6.14. The lowest BCUT2D eigenvalue weighted by molar-refractivity contribution is 0.0727. The maximum absolute atomic E-state index is 12.7. The van der Waals surface area contributed by atoms with Gasteiger partial charge in [0.05, 0.1) is 5.01 Å². The lowest BCUT2D eigenvalue weighted by Gasteiger charge is -2.24. The van der Waals surface area contributed by atoms with Crippen molar-refractivity contribution in [2.75, 3.05) is 13.1 Å². The first-order valence-electron chi connectivity index (χ1n) is 8.18. The van der Waals surface area contributed by atoms with E-state index in [4.69, 9.17) is 5.73 Å². The van der Waals surface area contributed by atoms with Gasteiger partial charge in [-0.15, -0.1) is 23.7 Å². The third-order valence-corrected chi connectivity index (χ3v) is 5.55. The van der Waals surface area contributed by atoms with E-state index < -0.39 is 0 Å². The van der Waals surface area contributed by atoms with E-state index in [0.717, 1.165) is 30.8 Å². The molecule has 2 atom stereocenters. The van der Waals surface area contributed by atoms with E-state index in [0.29, 0.717) is 18.2 Å². The van der Waals surface area contributed by atoms with Gasteiger partial charge < -0.3 is 10.6 Å². The first-order valence-corrected chi connectivity index (χ1v) is 9.06. The number of aromatic nitrogens is 1. The Morgan fingerprint density at radius 1 is 1.38 bits per heavy atom. The molecule has 1 fully saturated rings. The highest BCUT2D eigenvalue weighted by Gasteiger charge is 2.34. The maximum Gasteiger partial charge on any atom is 0.273 e. The van der Waals surface area contributed by atoms with Crippen LogP contribution in [0, 0.1) is 5.92 Å². The van der Waals surface area contributed by atoms with Crippen LogP contribution in [0.3, 0.4) is 0 Å². The molecule has 1 aliphatic rings. The topological polar surface area (TPSA) is 59.2 Å². The van der Waals surface area contributed by atoms with Gasteiger partial charge in [0.2, 0.25) is 0 Å². The number of hydrogen-bond donors (Lipinski definition) is 1. The molecule has 2 heterocycles. The summed E-state index contributed by atoms with van der Waals surface area (Å²) in [6, 6.07) is 10.8. The highest BCUT2D eigenvalue weighted by molar-refractivity contribution is 7.09. The standard InChI is InChI=1S/C18H23N3OS.ClH/c1-13-15(11-14-5-3-2-4-6-14)8-10-21(13)18(22)16-12-23-17(20-16)7-9-19;/h2-6,12-13,15H,7-11,19H2,1H3;1H. The quantitative estimate of drug-likeness (QED) is 0.885. The Morgan fingerprint density at radius 2 is 2.12 bits per heavy atom. The SMILES string of the molecule is CC1C(Cc2ccccc2)CCN1C(=O)c1csc(CCN)n1.Cl. The number of benzene rings is 1. The Labute approximate surface area is 153 Å². The van der Waals surface area contributed by atoms with Gasteiger partial charge >= 0.3 is 0 Å². The zero-order chi connectivity index (χ0) is 16.2. The minimum atomic E-state index is 0. The highest BCUT2D eigenvalue weighted by Crippen LogP contribution is 2.29. The van der Waals surface area contributed by atoms with E-state index in [9.17, 15) is 4.79 Å². The van der Waals surface area contributed by atoms with Crippen molar-refractivity contribution in [1.82, 2.24) is 9.88 Å². The minimum absolute atomic E-state index is 0. The Kier molecular flexibility index (Phi) is 6.78. The monoisotopic (exact) mass is 365 g/mol. The molecule has 1 aliphatic heterocycles. The van der Waals surface area contributed by atoms with E-state index in [2.05, 4.69) is 36.2 Å². The fraction of sp³-hybridized carbons (Fsp3) is 0.444. The van der Waals surface area contributed by atoms with Crippen LogP contribution in [0.25, 0.3) is 0 Å². The number of carbonyl (C=O) groups excluding carboxylic acids is 1. The van der Waals surface area contributed by atoms with E-state index in [1.807, 2.05) is 16.3 Å². The number of rotatable bonds is 5. The Morgan fingerprint density at radius 3 is 2.83 bits per heavy atom. The summed E-state index contributed by atoms with van der Waals surface area (Å²) in [4.78, 5) is 19.1. The average molecular weight is 366 g/mol. The first kappa shape index (κ1) is 18.9. The van der Waals surface area contributed by atoms with Gasteiger partial charge in [0.15, 0.2) is 0 Å². The van der Waals surface area contributed by atoms with Crippen molar-refractivity contribution in [3.05, 3.63) is 52.0 Å². The van der Waals surface area contributed by atoms with Crippen LogP contribution >= 0.6 is 23.7 Å². The van der Waals surface area contributed by atoms with Gasteiger partial charge in [0.1, 0.15) is 5.69 Å². The molecule has 2 unspecified atom stereocenters. The van der Waals surface area contributed by atoms with Crippen LogP contribution < -0.4 is 5.73 Å². The number of nitrogens with two attached hydrogens (primary N) is 1. The summed E-state index contributed by atoms with van der Waals surface area (Å²) in [5.41, 5.74) is 7.47. The van der Waals surface area contributed by atoms with Crippen molar-refractivity contribution in [2.45, 2.75) is 32.2 Å². The van der Waals surface area contributed by atoms with Gasteiger partial charge in [-0.25, -0.2) is 4.98 Å². The van der Waals surface area contributed by atoms with Crippen LogP contribution in [0.2, 0.25) is 0 Å². The van der Waals surface area contributed by atoms with E-state index in [1.54, 1.807) is 0 Å². The second kappa shape index (κ2) is 8.60. The molecule has 6 heteroatoms. The smallest absolute Gasteiger partial charge is 0.273 e.